The number of ether oxygens (including phenoxy) is 1. The van der Waals surface area contributed by atoms with Gasteiger partial charge in [0.05, 0.1) is 17.0 Å². The maximum absolute atomic E-state index is 11.8. The topological polar surface area (TPSA) is 84.6 Å². The van der Waals surface area contributed by atoms with Crippen LogP contribution in [-0.2, 0) is 15.3 Å². The molecule has 0 saturated carbocycles. The van der Waals surface area contributed by atoms with Crippen molar-refractivity contribution in [3.63, 3.8) is 0 Å². The first kappa shape index (κ1) is 16.3. The number of amides is 1. The molecule has 7 heteroatoms. The van der Waals surface area contributed by atoms with Crippen LogP contribution in [0.4, 0.5) is 0 Å². The highest BCUT2D eigenvalue weighted by molar-refractivity contribution is 7.99. The Bertz CT molecular complexity index is 464. The van der Waals surface area contributed by atoms with Gasteiger partial charge in [-0.2, -0.15) is 0 Å². The molecule has 1 amide bonds. The standard InChI is InChI=1S/C14H22N2O4S/c1-10-12(11(2)20-16-10)7-21-8-13(17)15-9-14(18)3-5-19-6-4-14/h18H,3-9H2,1-2H3,(H,15,17). The first-order chi connectivity index (χ1) is 10.0. The second kappa shape index (κ2) is 7.29. The molecule has 0 spiro atoms. The highest BCUT2D eigenvalue weighted by Gasteiger charge is 2.29. The number of hydrogen-bond acceptors (Lipinski definition) is 6. The summed E-state index contributed by atoms with van der Waals surface area (Å²) in [5.74, 6) is 1.80. The van der Waals surface area contributed by atoms with Crippen molar-refractivity contribution in [3.05, 3.63) is 17.0 Å². The van der Waals surface area contributed by atoms with Crippen LogP contribution in [0.5, 0.6) is 0 Å². The van der Waals surface area contributed by atoms with E-state index >= 15 is 0 Å². The van der Waals surface area contributed by atoms with Crippen molar-refractivity contribution in [2.75, 3.05) is 25.5 Å². The zero-order valence-corrected chi connectivity index (χ0v) is 13.3. The fraction of sp³-hybridized carbons (Fsp3) is 0.714. The van der Waals surface area contributed by atoms with Gasteiger partial charge in [-0.3, -0.25) is 4.79 Å². The van der Waals surface area contributed by atoms with Gasteiger partial charge in [0.1, 0.15) is 5.76 Å². The molecule has 0 aromatic carbocycles. The van der Waals surface area contributed by atoms with Crippen molar-refractivity contribution in [2.45, 2.75) is 38.0 Å². The third kappa shape index (κ3) is 4.72. The zero-order valence-electron chi connectivity index (χ0n) is 12.5. The van der Waals surface area contributed by atoms with E-state index in [4.69, 9.17) is 9.26 Å². The Morgan fingerprint density at radius 3 is 2.76 bits per heavy atom. The highest BCUT2D eigenvalue weighted by atomic mass is 32.2. The number of aliphatic hydroxyl groups is 1. The average Bonchev–Trinajstić information content (AvgIpc) is 2.78. The van der Waals surface area contributed by atoms with Crippen LogP contribution in [0, 0.1) is 13.8 Å². The Kier molecular flexibility index (Phi) is 5.66. The molecule has 2 heterocycles. The molecule has 1 aliphatic heterocycles. The van der Waals surface area contributed by atoms with Gasteiger partial charge in [-0.1, -0.05) is 5.16 Å². The van der Waals surface area contributed by atoms with E-state index in [0.717, 1.165) is 17.0 Å². The van der Waals surface area contributed by atoms with Crippen molar-refractivity contribution < 1.29 is 19.2 Å². The Morgan fingerprint density at radius 2 is 2.14 bits per heavy atom. The van der Waals surface area contributed by atoms with Crippen LogP contribution in [-0.4, -0.2) is 47.3 Å². The lowest BCUT2D eigenvalue weighted by Gasteiger charge is -2.32. The van der Waals surface area contributed by atoms with Crippen LogP contribution >= 0.6 is 11.8 Å². The van der Waals surface area contributed by atoms with Gasteiger partial charge in [0.2, 0.25) is 5.91 Å². The molecule has 1 fully saturated rings. The van der Waals surface area contributed by atoms with Crippen molar-refractivity contribution in [1.82, 2.24) is 10.5 Å². The quantitative estimate of drug-likeness (QED) is 0.820. The van der Waals surface area contributed by atoms with Gasteiger partial charge in [0.25, 0.3) is 0 Å². The summed E-state index contributed by atoms with van der Waals surface area (Å²) in [5.41, 5.74) is 1.10. The Labute approximate surface area is 128 Å². The van der Waals surface area contributed by atoms with Crippen LogP contribution in [0.15, 0.2) is 4.52 Å². The van der Waals surface area contributed by atoms with Crippen LogP contribution in [0.1, 0.15) is 29.9 Å². The molecule has 1 aromatic rings. The summed E-state index contributed by atoms with van der Waals surface area (Å²) in [6.45, 7) is 5.16. The van der Waals surface area contributed by atoms with Gasteiger partial charge < -0.3 is 19.7 Å². The maximum Gasteiger partial charge on any atom is 0.230 e. The van der Waals surface area contributed by atoms with E-state index in [1.54, 1.807) is 0 Å². The molecule has 2 N–H and O–H groups in total. The van der Waals surface area contributed by atoms with Crippen molar-refractivity contribution in [2.24, 2.45) is 0 Å². The number of carbonyl (C=O) groups is 1. The first-order valence-corrected chi connectivity index (χ1v) is 8.22. The van der Waals surface area contributed by atoms with E-state index in [0.29, 0.717) is 44.1 Å². The number of aromatic nitrogens is 1. The monoisotopic (exact) mass is 314 g/mol. The number of thioether (sulfide) groups is 1. The van der Waals surface area contributed by atoms with E-state index in [2.05, 4.69) is 10.5 Å². The average molecular weight is 314 g/mol. The van der Waals surface area contributed by atoms with E-state index < -0.39 is 5.60 Å². The van der Waals surface area contributed by atoms with Crippen molar-refractivity contribution in [3.8, 4) is 0 Å². The maximum atomic E-state index is 11.8. The first-order valence-electron chi connectivity index (χ1n) is 7.06. The van der Waals surface area contributed by atoms with Crippen LogP contribution in [0.2, 0.25) is 0 Å². The van der Waals surface area contributed by atoms with E-state index in [1.807, 2.05) is 13.8 Å². The highest BCUT2D eigenvalue weighted by Crippen LogP contribution is 2.20. The van der Waals surface area contributed by atoms with Crippen LogP contribution < -0.4 is 5.32 Å². The molecule has 1 saturated heterocycles. The third-order valence-corrected chi connectivity index (χ3v) is 4.66. The molecule has 0 aliphatic carbocycles. The number of aryl methyl sites for hydroxylation is 2. The predicted octanol–water partition coefficient (Wildman–Crippen LogP) is 1.18. The summed E-state index contributed by atoms with van der Waals surface area (Å²) >= 11 is 1.51. The number of nitrogens with zero attached hydrogens (tertiary/aromatic N) is 1. The smallest absolute Gasteiger partial charge is 0.230 e. The fourth-order valence-electron chi connectivity index (χ4n) is 2.20. The summed E-state index contributed by atoms with van der Waals surface area (Å²) in [4.78, 5) is 11.8. The largest absolute Gasteiger partial charge is 0.388 e. The van der Waals surface area contributed by atoms with E-state index in [9.17, 15) is 9.90 Å². The molecule has 0 atom stereocenters. The van der Waals surface area contributed by atoms with Gasteiger partial charge in [0, 0.05) is 43.9 Å². The van der Waals surface area contributed by atoms with E-state index in [-0.39, 0.29) is 5.91 Å². The van der Waals surface area contributed by atoms with E-state index in [1.165, 1.54) is 11.8 Å². The molecular formula is C14H22N2O4S. The molecule has 1 aliphatic rings. The number of hydrogen-bond donors (Lipinski definition) is 2. The molecular weight excluding hydrogens is 292 g/mol. The molecule has 21 heavy (non-hydrogen) atoms. The predicted molar refractivity (Wildman–Crippen MR) is 80.2 cm³/mol. The summed E-state index contributed by atoms with van der Waals surface area (Å²) in [6.07, 6.45) is 1.14. The zero-order chi connectivity index (χ0) is 15.3. The second-order valence-electron chi connectivity index (χ2n) is 5.41. The lowest BCUT2D eigenvalue weighted by Crippen LogP contribution is -2.47. The molecule has 0 bridgehead atoms. The molecule has 1 aromatic heterocycles. The molecule has 0 radical (unpaired) electrons. The van der Waals surface area contributed by atoms with Gasteiger partial charge in [-0.25, -0.2) is 0 Å². The molecule has 2 rings (SSSR count). The molecule has 0 unspecified atom stereocenters. The number of rotatable bonds is 6. The van der Waals surface area contributed by atoms with Gasteiger partial charge >= 0.3 is 0 Å². The minimum Gasteiger partial charge on any atom is -0.388 e. The van der Waals surface area contributed by atoms with Crippen LogP contribution in [0.25, 0.3) is 0 Å². The summed E-state index contributed by atoms with van der Waals surface area (Å²) in [5, 5.41) is 16.9. The minimum absolute atomic E-state index is 0.0633. The number of carbonyl (C=O) groups excluding carboxylic acids is 1. The number of nitrogens with one attached hydrogen (secondary N) is 1. The fourth-order valence-corrected chi connectivity index (χ4v) is 3.20. The van der Waals surface area contributed by atoms with Crippen molar-refractivity contribution >= 4 is 17.7 Å². The second-order valence-corrected chi connectivity index (χ2v) is 6.39. The lowest BCUT2D eigenvalue weighted by atomic mass is 9.94. The molecule has 118 valence electrons. The lowest BCUT2D eigenvalue weighted by molar-refractivity contribution is -0.121. The Balaban J connectivity index is 1.68. The third-order valence-electron chi connectivity index (χ3n) is 3.70. The Morgan fingerprint density at radius 1 is 1.43 bits per heavy atom. The van der Waals surface area contributed by atoms with Crippen LogP contribution in [0.3, 0.4) is 0 Å². The SMILES string of the molecule is Cc1noc(C)c1CSCC(=O)NCC1(O)CCOCC1. The summed E-state index contributed by atoms with van der Waals surface area (Å²) in [7, 11) is 0. The normalized spacial score (nSPS) is 17.7. The Hall–Kier alpha value is -1.05. The minimum atomic E-state index is -0.819. The summed E-state index contributed by atoms with van der Waals surface area (Å²) in [6, 6.07) is 0. The summed E-state index contributed by atoms with van der Waals surface area (Å²) < 4.78 is 10.3. The molecule has 6 nitrogen and oxygen atoms in total. The van der Waals surface area contributed by atoms with Crippen molar-refractivity contribution in [1.29, 1.82) is 0 Å². The van der Waals surface area contributed by atoms with Gasteiger partial charge in [0.15, 0.2) is 0 Å². The van der Waals surface area contributed by atoms with Gasteiger partial charge in [-0.05, 0) is 13.8 Å². The van der Waals surface area contributed by atoms with Gasteiger partial charge in [-0.15, -0.1) is 11.8 Å².